The Bertz CT molecular complexity index is 775. The number of rotatable bonds is 1. The Morgan fingerprint density at radius 2 is 1.56 bits per heavy atom. The number of phenols is 1. The molecule has 3 aromatic carbocycles. The molecule has 0 saturated carbocycles. The lowest BCUT2D eigenvalue weighted by molar-refractivity contribution is 0.0694. The first-order valence-electron chi connectivity index (χ1n) is 5.54. The number of fused-ring (bicyclic) bond motifs is 2. The molecule has 0 amide bonds. The second kappa shape index (κ2) is 3.74. The Hall–Kier alpha value is -2.55. The van der Waals surface area contributed by atoms with Crippen molar-refractivity contribution < 1.29 is 15.0 Å². The van der Waals surface area contributed by atoms with E-state index in [2.05, 4.69) is 0 Å². The Labute approximate surface area is 103 Å². The first kappa shape index (κ1) is 10.6. The number of aromatic hydroxyl groups is 1. The molecular formula is C15H10O3. The van der Waals surface area contributed by atoms with Gasteiger partial charge >= 0.3 is 5.97 Å². The van der Waals surface area contributed by atoms with Crippen LogP contribution < -0.4 is 0 Å². The third kappa shape index (κ3) is 1.49. The second-order valence-corrected chi connectivity index (χ2v) is 4.19. The molecule has 3 heteroatoms. The van der Waals surface area contributed by atoms with Crippen LogP contribution in [0.15, 0.2) is 48.5 Å². The molecule has 2 N–H and O–H groups in total. The molecule has 0 fully saturated rings. The van der Waals surface area contributed by atoms with Crippen molar-refractivity contribution in [1.29, 1.82) is 0 Å². The topological polar surface area (TPSA) is 57.5 Å². The van der Waals surface area contributed by atoms with Crippen molar-refractivity contribution in [1.82, 2.24) is 0 Å². The molecule has 0 aromatic heterocycles. The van der Waals surface area contributed by atoms with Crippen molar-refractivity contribution in [3.63, 3.8) is 0 Å². The highest BCUT2D eigenvalue weighted by atomic mass is 16.4. The first-order valence-corrected chi connectivity index (χ1v) is 5.54. The lowest BCUT2D eigenvalue weighted by Gasteiger charge is -2.06. The van der Waals surface area contributed by atoms with Crippen LogP contribution in [0.25, 0.3) is 21.5 Å². The Kier molecular flexibility index (Phi) is 2.20. The molecule has 0 heterocycles. The fraction of sp³-hybridized carbons (Fsp3) is 0. The summed E-state index contributed by atoms with van der Waals surface area (Å²) in [5.41, 5.74) is -0.0715. The van der Waals surface area contributed by atoms with E-state index >= 15 is 0 Å². The average Bonchev–Trinajstić information content (AvgIpc) is 2.37. The van der Waals surface area contributed by atoms with Crippen molar-refractivity contribution in [2.24, 2.45) is 0 Å². The number of carbonyl (C=O) groups is 1. The van der Waals surface area contributed by atoms with Crippen molar-refractivity contribution >= 4 is 27.5 Å². The smallest absolute Gasteiger partial charge is 0.339 e. The second-order valence-electron chi connectivity index (χ2n) is 4.19. The Balaban J connectivity index is 2.44. The van der Waals surface area contributed by atoms with E-state index in [-0.39, 0.29) is 11.3 Å². The molecule has 3 rings (SSSR count). The van der Waals surface area contributed by atoms with Crippen molar-refractivity contribution in [3.8, 4) is 5.75 Å². The third-order valence-corrected chi connectivity index (χ3v) is 3.09. The van der Waals surface area contributed by atoms with E-state index < -0.39 is 5.97 Å². The monoisotopic (exact) mass is 238 g/mol. The van der Waals surface area contributed by atoms with E-state index in [1.54, 1.807) is 6.07 Å². The van der Waals surface area contributed by atoms with Crippen LogP contribution in [0.3, 0.4) is 0 Å². The van der Waals surface area contributed by atoms with E-state index in [4.69, 9.17) is 5.11 Å². The van der Waals surface area contributed by atoms with Gasteiger partial charge in [-0.15, -0.1) is 0 Å². The summed E-state index contributed by atoms with van der Waals surface area (Å²) in [7, 11) is 0. The van der Waals surface area contributed by atoms with E-state index in [9.17, 15) is 9.90 Å². The van der Waals surface area contributed by atoms with Gasteiger partial charge in [-0.05, 0) is 34.4 Å². The molecule has 0 aliphatic rings. The average molecular weight is 238 g/mol. The molecule has 0 aliphatic carbocycles. The minimum absolute atomic E-state index is 0.0715. The highest BCUT2D eigenvalue weighted by molar-refractivity contribution is 6.05. The van der Waals surface area contributed by atoms with Gasteiger partial charge in [0.05, 0.1) is 0 Å². The summed E-state index contributed by atoms with van der Waals surface area (Å²) in [5.74, 6) is -1.30. The van der Waals surface area contributed by atoms with Gasteiger partial charge in [0.1, 0.15) is 11.3 Å². The summed E-state index contributed by atoms with van der Waals surface area (Å²) >= 11 is 0. The normalized spacial score (nSPS) is 10.9. The van der Waals surface area contributed by atoms with Crippen molar-refractivity contribution in [3.05, 3.63) is 54.1 Å². The highest BCUT2D eigenvalue weighted by Gasteiger charge is 2.12. The summed E-state index contributed by atoms with van der Waals surface area (Å²) in [5, 5.41) is 22.4. The van der Waals surface area contributed by atoms with Crippen LogP contribution in [0, 0.1) is 0 Å². The first-order chi connectivity index (χ1) is 8.66. The molecule has 88 valence electrons. The van der Waals surface area contributed by atoms with Crippen LogP contribution in [-0.4, -0.2) is 16.2 Å². The number of carboxylic acid groups (broad SMARTS) is 1. The lowest BCUT2D eigenvalue weighted by atomic mass is 10.0. The zero-order valence-corrected chi connectivity index (χ0v) is 9.42. The van der Waals surface area contributed by atoms with Crippen LogP contribution in [0.4, 0.5) is 0 Å². The van der Waals surface area contributed by atoms with Gasteiger partial charge in [-0.3, -0.25) is 0 Å². The molecular weight excluding hydrogens is 228 g/mol. The third-order valence-electron chi connectivity index (χ3n) is 3.09. The number of hydrogen-bond donors (Lipinski definition) is 2. The summed E-state index contributed by atoms with van der Waals surface area (Å²) in [6.45, 7) is 0. The summed E-state index contributed by atoms with van der Waals surface area (Å²) in [6.07, 6.45) is 0. The minimum Gasteiger partial charge on any atom is -0.506 e. The van der Waals surface area contributed by atoms with E-state index in [1.807, 2.05) is 36.4 Å². The summed E-state index contributed by atoms with van der Waals surface area (Å²) in [4.78, 5) is 11.0. The zero-order chi connectivity index (χ0) is 12.7. The van der Waals surface area contributed by atoms with Gasteiger partial charge < -0.3 is 10.2 Å². The van der Waals surface area contributed by atoms with Crippen LogP contribution in [0.1, 0.15) is 10.4 Å². The Morgan fingerprint density at radius 3 is 2.22 bits per heavy atom. The Morgan fingerprint density at radius 1 is 0.889 bits per heavy atom. The standard InChI is InChI=1S/C15H10O3/c16-14-12(15(17)18)6-5-11-7-9-3-1-2-4-10(9)8-13(11)14/h1-8,16H,(H,17,18). The number of carboxylic acids is 1. The van der Waals surface area contributed by atoms with Gasteiger partial charge in [0.25, 0.3) is 0 Å². The fourth-order valence-electron chi connectivity index (χ4n) is 2.17. The highest BCUT2D eigenvalue weighted by Crippen LogP contribution is 2.32. The number of hydrogen-bond acceptors (Lipinski definition) is 2. The maximum Gasteiger partial charge on any atom is 0.339 e. The predicted octanol–water partition coefficient (Wildman–Crippen LogP) is 3.40. The van der Waals surface area contributed by atoms with Gasteiger partial charge in [-0.25, -0.2) is 4.79 Å². The molecule has 0 saturated heterocycles. The van der Waals surface area contributed by atoms with E-state index in [0.717, 1.165) is 16.2 Å². The molecule has 18 heavy (non-hydrogen) atoms. The van der Waals surface area contributed by atoms with Gasteiger partial charge in [-0.2, -0.15) is 0 Å². The van der Waals surface area contributed by atoms with Gasteiger partial charge in [0.2, 0.25) is 0 Å². The molecule has 3 aromatic rings. The quantitative estimate of drug-likeness (QED) is 0.639. The lowest BCUT2D eigenvalue weighted by Crippen LogP contribution is -1.96. The molecule has 0 spiro atoms. The van der Waals surface area contributed by atoms with Crippen LogP contribution >= 0.6 is 0 Å². The van der Waals surface area contributed by atoms with Gasteiger partial charge in [0, 0.05) is 5.39 Å². The molecule has 0 atom stereocenters. The molecule has 0 aliphatic heterocycles. The predicted molar refractivity (Wildman–Crippen MR) is 70.1 cm³/mol. The van der Waals surface area contributed by atoms with Crippen molar-refractivity contribution in [2.45, 2.75) is 0 Å². The summed E-state index contributed by atoms with van der Waals surface area (Å²) < 4.78 is 0. The van der Waals surface area contributed by atoms with E-state index in [1.165, 1.54) is 6.07 Å². The fourth-order valence-corrected chi connectivity index (χ4v) is 2.17. The summed E-state index contributed by atoms with van der Waals surface area (Å²) in [6, 6.07) is 14.7. The minimum atomic E-state index is -1.12. The maximum absolute atomic E-state index is 11.0. The van der Waals surface area contributed by atoms with Gasteiger partial charge in [-0.1, -0.05) is 30.3 Å². The van der Waals surface area contributed by atoms with E-state index in [0.29, 0.717) is 5.39 Å². The zero-order valence-electron chi connectivity index (χ0n) is 9.42. The SMILES string of the molecule is O=C(O)c1ccc2cc3ccccc3cc2c1O. The maximum atomic E-state index is 11.0. The molecule has 0 radical (unpaired) electrons. The molecule has 0 bridgehead atoms. The van der Waals surface area contributed by atoms with Crippen LogP contribution in [0.5, 0.6) is 5.75 Å². The van der Waals surface area contributed by atoms with Crippen LogP contribution in [0.2, 0.25) is 0 Å². The van der Waals surface area contributed by atoms with Crippen LogP contribution in [-0.2, 0) is 0 Å². The largest absolute Gasteiger partial charge is 0.506 e. The molecule has 3 nitrogen and oxygen atoms in total. The molecule has 0 unspecified atom stereocenters. The van der Waals surface area contributed by atoms with Gasteiger partial charge in [0.15, 0.2) is 0 Å². The van der Waals surface area contributed by atoms with Crippen molar-refractivity contribution in [2.75, 3.05) is 0 Å². The number of aromatic carboxylic acids is 1. The number of benzene rings is 3.